The fourth-order valence-electron chi connectivity index (χ4n) is 3.84. The molecule has 0 saturated heterocycles. The number of nitrogens with one attached hydrogen (secondary N) is 1. The van der Waals surface area contributed by atoms with E-state index in [4.69, 9.17) is 11.1 Å². The van der Waals surface area contributed by atoms with E-state index in [1.807, 2.05) is 6.07 Å². The molecule has 4 heteroatoms. The first-order valence-electron chi connectivity index (χ1n) is 7.15. The quantitative estimate of drug-likeness (QED) is 0.643. The summed E-state index contributed by atoms with van der Waals surface area (Å²) in [5.41, 5.74) is 6.29. The van der Waals surface area contributed by atoms with Gasteiger partial charge in [-0.05, 0) is 49.1 Å². The number of anilines is 1. The van der Waals surface area contributed by atoms with Crippen LogP contribution in [0.25, 0.3) is 0 Å². The van der Waals surface area contributed by atoms with Crippen LogP contribution >= 0.6 is 0 Å². The Kier molecular flexibility index (Phi) is 3.17. The molecule has 1 aromatic heterocycles. The molecule has 3 unspecified atom stereocenters. The summed E-state index contributed by atoms with van der Waals surface area (Å²) in [6.07, 6.45) is 7.44. The van der Waals surface area contributed by atoms with Gasteiger partial charge in [0.05, 0.1) is 0 Å². The van der Waals surface area contributed by atoms with E-state index in [-0.39, 0.29) is 5.84 Å². The summed E-state index contributed by atoms with van der Waals surface area (Å²) in [7, 11) is 2.10. The molecule has 2 fully saturated rings. The zero-order valence-corrected chi connectivity index (χ0v) is 11.5. The van der Waals surface area contributed by atoms with Crippen molar-refractivity contribution in [1.82, 2.24) is 4.98 Å². The monoisotopic (exact) mass is 258 g/mol. The average Bonchev–Trinajstić information content (AvgIpc) is 3.01. The molecule has 3 atom stereocenters. The van der Waals surface area contributed by atoms with Gasteiger partial charge in [-0.25, -0.2) is 4.98 Å². The van der Waals surface area contributed by atoms with Crippen LogP contribution in [0.4, 0.5) is 5.82 Å². The first kappa shape index (κ1) is 12.5. The van der Waals surface area contributed by atoms with Crippen molar-refractivity contribution in [1.29, 1.82) is 5.41 Å². The molecular formula is C15H22N4. The molecule has 3 N–H and O–H groups in total. The molecule has 1 aromatic rings. The van der Waals surface area contributed by atoms with Crippen LogP contribution in [-0.4, -0.2) is 24.4 Å². The van der Waals surface area contributed by atoms with E-state index >= 15 is 0 Å². The fraction of sp³-hybridized carbons (Fsp3) is 0.600. The van der Waals surface area contributed by atoms with Crippen LogP contribution < -0.4 is 10.6 Å². The molecule has 2 bridgehead atoms. The highest BCUT2D eigenvalue weighted by Gasteiger charge is 2.39. The Bertz CT molecular complexity index is 485. The molecule has 2 saturated carbocycles. The van der Waals surface area contributed by atoms with Crippen LogP contribution in [0.15, 0.2) is 18.3 Å². The maximum absolute atomic E-state index is 7.50. The second kappa shape index (κ2) is 4.83. The molecule has 1 heterocycles. The van der Waals surface area contributed by atoms with E-state index < -0.39 is 0 Å². The lowest BCUT2D eigenvalue weighted by molar-refractivity contribution is 0.337. The van der Waals surface area contributed by atoms with Gasteiger partial charge in [0.15, 0.2) is 0 Å². The molecule has 0 aromatic carbocycles. The predicted octanol–water partition coefficient (Wildman–Crippen LogP) is 2.24. The van der Waals surface area contributed by atoms with E-state index in [1.165, 1.54) is 25.7 Å². The summed E-state index contributed by atoms with van der Waals surface area (Å²) in [5.74, 6) is 3.78. The zero-order valence-electron chi connectivity index (χ0n) is 11.5. The largest absolute Gasteiger partial charge is 0.384 e. The van der Waals surface area contributed by atoms with Gasteiger partial charge in [-0.3, -0.25) is 5.41 Å². The Balaban J connectivity index is 1.68. The van der Waals surface area contributed by atoms with Crippen molar-refractivity contribution in [2.45, 2.75) is 25.7 Å². The number of nitrogen functional groups attached to an aromatic ring is 1. The van der Waals surface area contributed by atoms with Crippen LogP contribution in [0.5, 0.6) is 0 Å². The van der Waals surface area contributed by atoms with Gasteiger partial charge < -0.3 is 10.6 Å². The molecule has 102 valence electrons. The Morgan fingerprint density at radius 1 is 1.47 bits per heavy atom. The number of nitrogens with zero attached hydrogens (tertiary/aromatic N) is 2. The van der Waals surface area contributed by atoms with E-state index in [1.54, 1.807) is 12.3 Å². The number of nitrogens with two attached hydrogens (primary N) is 1. The van der Waals surface area contributed by atoms with Crippen LogP contribution in [0.2, 0.25) is 0 Å². The summed E-state index contributed by atoms with van der Waals surface area (Å²) >= 11 is 0. The zero-order chi connectivity index (χ0) is 13.4. The summed E-state index contributed by atoms with van der Waals surface area (Å²) < 4.78 is 0. The molecular weight excluding hydrogens is 236 g/mol. The fourth-order valence-corrected chi connectivity index (χ4v) is 3.84. The van der Waals surface area contributed by atoms with Crippen molar-refractivity contribution in [3.8, 4) is 0 Å². The number of hydrogen-bond donors (Lipinski definition) is 2. The van der Waals surface area contributed by atoms with Crippen molar-refractivity contribution in [3.05, 3.63) is 23.9 Å². The van der Waals surface area contributed by atoms with Gasteiger partial charge in [-0.2, -0.15) is 0 Å². The standard InChI is InChI=1S/C15H22N4/c1-19(9-13-7-10-2-3-11(13)6-10)14-8-12(15(16)17)4-5-18-14/h4-5,8,10-11,13H,2-3,6-7,9H2,1H3,(H3,16,17). The lowest BCUT2D eigenvalue weighted by Crippen LogP contribution is -2.29. The van der Waals surface area contributed by atoms with Crippen molar-refractivity contribution in [3.63, 3.8) is 0 Å². The van der Waals surface area contributed by atoms with Crippen LogP contribution in [0.1, 0.15) is 31.2 Å². The SMILES string of the molecule is CN(CC1CC2CCC1C2)c1cc(C(=N)N)ccn1. The van der Waals surface area contributed by atoms with Crippen molar-refractivity contribution >= 4 is 11.7 Å². The lowest BCUT2D eigenvalue weighted by Gasteiger charge is -2.28. The Labute approximate surface area is 114 Å². The second-order valence-electron chi connectivity index (χ2n) is 6.13. The Hall–Kier alpha value is -1.58. The van der Waals surface area contributed by atoms with E-state index in [0.29, 0.717) is 0 Å². The molecule has 0 amide bonds. The van der Waals surface area contributed by atoms with Gasteiger partial charge in [0.1, 0.15) is 11.7 Å². The highest BCUT2D eigenvalue weighted by atomic mass is 15.2. The summed E-state index contributed by atoms with van der Waals surface area (Å²) in [6, 6.07) is 3.70. The number of fused-ring (bicyclic) bond motifs is 2. The van der Waals surface area contributed by atoms with E-state index in [9.17, 15) is 0 Å². The Morgan fingerprint density at radius 3 is 2.95 bits per heavy atom. The van der Waals surface area contributed by atoms with Gasteiger partial charge in [-0.15, -0.1) is 0 Å². The molecule has 0 aliphatic heterocycles. The molecule has 0 radical (unpaired) electrons. The Morgan fingerprint density at radius 2 is 2.32 bits per heavy atom. The first-order valence-corrected chi connectivity index (χ1v) is 7.15. The third-order valence-corrected chi connectivity index (χ3v) is 4.84. The molecule has 0 spiro atoms. The third-order valence-electron chi connectivity index (χ3n) is 4.84. The summed E-state index contributed by atoms with van der Waals surface area (Å²) in [6.45, 7) is 1.08. The van der Waals surface area contributed by atoms with Gasteiger partial charge >= 0.3 is 0 Å². The maximum atomic E-state index is 7.50. The minimum absolute atomic E-state index is 0.108. The van der Waals surface area contributed by atoms with Crippen LogP contribution in [-0.2, 0) is 0 Å². The highest BCUT2D eigenvalue weighted by Crippen LogP contribution is 2.48. The van der Waals surface area contributed by atoms with Gasteiger partial charge in [0.25, 0.3) is 0 Å². The van der Waals surface area contributed by atoms with Crippen molar-refractivity contribution in [2.24, 2.45) is 23.5 Å². The minimum atomic E-state index is 0.108. The van der Waals surface area contributed by atoms with Gasteiger partial charge in [0, 0.05) is 25.4 Å². The van der Waals surface area contributed by atoms with E-state index in [0.717, 1.165) is 35.7 Å². The smallest absolute Gasteiger partial charge is 0.128 e. The molecule has 4 nitrogen and oxygen atoms in total. The van der Waals surface area contributed by atoms with Crippen molar-refractivity contribution in [2.75, 3.05) is 18.5 Å². The number of rotatable bonds is 4. The average molecular weight is 258 g/mol. The lowest BCUT2D eigenvalue weighted by atomic mass is 9.88. The van der Waals surface area contributed by atoms with Crippen molar-refractivity contribution < 1.29 is 0 Å². The first-order chi connectivity index (χ1) is 9.13. The van der Waals surface area contributed by atoms with Crippen LogP contribution in [0, 0.1) is 23.2 Å². The number of aromatic nitrogens is 1. The number of pyridine rings is 1. The van der Waals surface area contributed by atoms with Gasteiger partial charge in [-0.1, -0.05) is 6.42 Å². The van der Waals surface area contributed by atoms with Gasteiger partial charge in [0.2, 0.25) is 0 Å². The number of amidine groups is 1. The second-order valence-corrected chi connectivity index (χ2v) is 6.13. The van der Waals surface area contributed by atoms with E-state index in [2.05, 4.69) is 16.9 Å². The van der Waals surface area contributed by atoms with Crippen LogP contribution in [0.3, 0.4) is 0 Å². The molecule has 3 rings (SSSR count). The molecule has 19 heavy (non-hydrogen) atoms. The highest BCUT2D eigenvalue weighted by molar-refractivity contribution is 5.95. The summed E-state index contributed by atoms with van der Waals surface area (Å²) in [5, 5.41) is 7.50. The predicted molar refractivity (Wildman–Crippen MR) is 77.5 cm³/mol. The normalized spacial score (nSPS) is 28.6. The summed E-state index contributed by atoms with van der Waals surface area (Å²) in [4.78, 5) is 6.62. The number of hydrogen-bond acceptors (Lipinski definition) is 3. The minimum Gasteiger partial charge on any atom is -0.384 e. The maximum Gasteiger partial charge on any atom is 0.128 e. The topological polar surface area (TPSA) is 66.0 Å². The molecule has 2 aliphatic carbocycles. The molecule has 2 aliphatic rings. The third kappa shape index (κ3) is 2.44.